The molecular formula is C7H8N4O5. The normalized spacial score (nSPS) is 10.9. The highest BCUT2D eigenvalue weighted by molar-refractivity contribution is 6.05. The van der Waals surface area contributed by atoms with Crippen molar-refractivity contribution in [3.8, 4) is 0 Å². The van der Waals surface area contributed by atoms with Crippen LogP contribution < -0.4 is 10.6 Å². The molecule has 0 fully saturated rings. The molecule has 1 heterocycles. The highest BCUT2D eigenvalue weighted by atomic mass is 16.6. The van der Waals surface area contributed by atoms with Crippen molar-refractivity contribution in [3.05, 3.63) is 28.0 Å². The van der Waals surface area contributed by atoms with Gasteiger partial charge >= 0.3 is 11.9 Å². The van der Waals surface area contributed by atoms with E-state index < -0.39 is 16.8 Å². The molecular weight excluding hydrogens is 220 g/mol. The predicted octanol–water partition coefficient (Wildman–Crippen LogP) is 0.253. The molecule has 2 amide bonds. The molecule has 9 nitrogen and oxygen atoms in total. The fourth-order valence-electron chi connectivity index (χ4n) is 0.859. The average Bonchev–Trinajstić information content (AvgIpc) is 2.74. The summed E-state index contributed by atoms with van der Waals surface area (Å²) in [4.78, 5) is 20.5. The summed E-state index contributed by atoms with van der Waals surface area (Å²) in [6, 6.07) is 1.63. The van der Waals surface area contributed by atoms with E-state index >= 15 is 0 Å². The minimum Gasteiger partial charge on any atom is -0.409 e. The third-order valence-corrected chi connectivity index (χ3v) is 1.56. The molecule has 1 aromatic heterocycles. The van der Waals surface area contributed by atoms with Gasteiger partial charge in [-0.15, -0.1) is 0 Å². The molecule has 0 aromatic carbocycles. The van der Waals surface area contributed by atoms with Crippen molar-refractivity contribution in [1.82, 2.24) is 10.6 Å². The lowest BCUT2D eigenvalue weighted by molar-refractivity contribution is -0.402. The van der Waals surface area contributed by atoms with E-state index in [0.29, 0.717) is 0 Å². The summed E-state index contributed by atoms with van der Waals surface area (Å²) in [6.07, 6.45) is 0. The van der Waals surface area contributed by atoms with Crippen LogP contribution in [0.25, 0.3) is 0 Å². The topological polar surface area (TPSA) is 130 Å². The minimum atomic E-state index is -0.752. The maximum absolute atomic E-state index is 10.9. The van der Waals surface area contributed by atoms with E-state index in [1.807, 2.05) is 0 Å². The molecule has 16 heavy (non-hydrogen) atoms. The zero-order chi connectivity index (χ0) is 12.1. The van der Waals surface area contributed by atoms with Gasteiger partial charge in [0, 0.05) is 7.05 Å². The predicted molar refractivity (Wildman–Crippen MR) is 51.3 cm³/mol. The smallest absolute Gasteiger partial charge is 0.409 e. The molecule has 86 valence electrons. The van der Waals surface area contributed by atoms with Gasteiger partial charge in [-0.3, -0.25) is 15.4 Å². The highest BCUT2D eigenvalue weighted by Gasteiger charge is 2.17. The molecule has 0 aliphatic heterocycles. The van der Waals surface area contributed by atoms with Crippen molar-refractivity contribution >= 4 is 17.8 Å². The van der Waals surface area contributed by atoms with Crippen LogP contribution in [0.5, 0.6) is 0 Å². The SMILES string of the molecule is CNC(=O)NC(=NO)c1ccc([N+](=O)[O-])o1. The second kappa shape index (κ2) is 4.77. The van der Waals surface area contributed by atoms with Crippen LogP contribution in [0.15, 0.2) is 21.7 Å². The van der Waals surface area contributed by atoms with Crippen molar-refractivity contribution in [1.29, 1.82) is 0 Å². The number of amides is 2. The van der Waals surface area contributed by atoms with Crippen LogP contribution in [-0.2, 0) is 0 Å². The number of nitro groups is 1. The maximum Gasteiger partial charge on any atom is 0.433 e. The number of nitrogens with one attached hydrogen (secondary N) is 2. The molecule has 9 heteroatoms. The monoisotopic (exact) mass is 228 g/mol. The Labute approximate surface area is 88.9 Å². The van der Waals surface area contributed by atoms with Crippen LogP contribution in [0.4, 0.5) is 10.7 Å². The van der Waals surface area contributed by atoms with Crippen LogP contribution in [0.2, 0.25) is 0 Å². The Morgan fingerprint density at radius 1 is 1.62 bits per heavy atom. The number of hydrogen-bond acceptors (Lipinski definition) is 6. The van der Waals surface area contributed by atoms with Crippen molar-refractivity contribution in [3.63, 3.8) is 0 Å². The van der Waals surface area contributed by atoms with Crippen LogP contribution in [0.1, 0.15) is 5.76 Å². The molecule has 0 saturated carbocycles. The second-order valence-electron chi connectivity index (χ2n) is 2.55. The van der Waals surface area contributed by atoms with Gasteiger partial charge < -0.3 is 14.9 Å². The van der Waals surface area contributed by atoms with Gasteiger partial charge in [0.2, 0.25) is 5.84 Å². The van der Waals surface area contributed by atoms with Gasteiger partial charge in [-0.1, -0.05) is 5.16 Å². The van der Waals surface area contributed by atoms with Crippen molar-refractivity contribution < 1.29 is 19.3 Å². The van der Waals surface area contributed by atoms with Crippen LogP contribution in [0.3, 0.4) is 0 Å². The third kappa shape index (κ3) is 2.47. The molecule has 0 bridgehead atoms. The quantitative estimate of drug-likeness (QED) is 0.219. The number of furan rings is 1. The summed E-state index contributed by atoms with van der Waals surface area (Å²) in [7, 11) is 1.36. The summed E-state index contributed by atoms with van der Waals surface area (Å²) < 4.78 is 4.71. The van der Waals surface area contributed by atoms with Gasteiger partial charge in [0.25, 0.3) is 0 Å². The molecule has 0 aliphatic carbocycles. The van der Waals surface area contributed by atoms with Gasteiger partial charge in [-0.25, -0.2) is 4.79 Å². The summed E-state index contributed by atoms with van der Waals surface area (Å²) in [5.74, 6) is -0.972. The Kier molecular flexibility index (Phi) is 3.43. The van der Waals surface area contributed by atoms with Crippen molar-refractivity contribution in [2.45, 2.75) is 0 Å². The van der Waals surface area contributed by atoms with E-state index in [9.17, 15) is 14.9 Å². The molecule has 0 spiro atoms. The Balaban J connectivity index is 2.88. The number of carbonyl (C=O) groups excluding carboxylic acids is 1. The number of hydrogen-bond donors (Lipinski definition) is 3. The lowest BCUT2D eigenvalue weighted by Crippen LogP contribution is -2.37. The second-order valence-corrected chi connectivity index (χ2v) is 2.55. The summed E-state index contributed by atoms with van der Waals surface area (Å²) >= 11 is 0. The molecule has 1 aromatic rings. The molecule has 0 aliphatic rings. The van der Waals surface area contributed by atoms with Crippen LogP contribution in [0, 0.1) is 10.1 Å². The van der Waals surface area contributed by atoms with Crippen LogP contribution >= 0.6 is 0 Å². The lowest BCUT2D eigenvalue weighted by atomic mass is 10.4. The average molecular weight is 228 g/mol. The number of amidine groups is 1. The number of rotatable bonds is 2. The van der Waals surface area contributed by atoms with E-state index in [2.05, 4.69) is 15.8 Å². The number of urea groups is 1. The largest absolute Gasteiger partial charge is 0.433 e. The van der Waals surface area contributed by atoms with E-state index in [1.54, 1.807) is 0 Å². The fourth-order valence-corrected chi connectivity index (χ4v) is 0.859. The zero-order valence-electron chi connectivity index (χ0n) is 8.13. The zero-order valence-corrected chi connectivity index (χ0v) is 8.13. The summed E-state index contributed by atoms with van der Waals surface area (Å²) in [6.45, 7) is 0. The summed E-state index contributed by atoms with van der Waals surface area (Å²) in [5.41, 5.74) is 0. The van der Waals surface area contributed by atoms with Gasteiger partial charge in [-0.2, -0.15) is 0 Å². The number of oxime groups is 1. The van der Waals surface area contributed by atoms with E-state index in [1.165, 1.54) is 13.1 Å². The molecule has 0 unspecified atom stereocenters. The maximum atomic E-state index is 10.9. The van der Waals surface area contributed by atoms with E-state index in [4.69, 9.17) is 9.62 Å². The Morgan fingerprint density at radius 2 is 2.31 bits per heavy atom. The van der Waals surface area contributed by atoms with Crippen molar-refractivity contribution in [2.24, 2.45) is 5.16 Å². The van der Waals surface area contributed by atoms with Gasteiger partial charge in [0.15, 0.2) is 5.76 Å². The molecule has 3 N–H and O–H groups in total. The lowest BCUT2D eigenvalue weighted by Gasteiger charge is -2.02. The molecule has 0 radical (unpaired) electrons. The van der Waals surface area contributed by atoms with Crippen LogP contribution in [-0.4, -0.2) is 29.0 Å². The van der Waals surface area contributed by atoms with E-state index in [-0.39, 0.29) is 11.6 Å². The van der Waals surface area contributed by atoms with Gasteiger partial charge in [0.1, 0.15) is 4.92 Å². The first-order valence-electron chi connectivity index (χ1n) is 4.04. The number of nitrogens with zero attached hydrogens (tertiary/aromatic N) is 2. The van der Waals surface area contributed by atoms with E-state index in [0.717, 1.165) is 6.07 Å². The molecule has 1 rings (SSSR count). The van der Waals surface area contributed by atoms with Gasteiger partial charge in [-0.05, 0) is 6.07 Å². The summed E-state index contributed by atoms with van der Waals surface area (Å²) in [5, 5.41) is 26.0. The molecule has 0 atom stereocenters. The highest BCUT2D eigenvalue weighted by Crippen LogP contribution is 2.15. The third-order valence-electron chi connectivity index (χ3n) is 1.56. The molecule has 0 saturated heterocycles. The first-order chi connectivity index (χ1) is 7.58. The van der Waals surface area contributed by atoms with Crippen molar-refractivity contribution in [2.75, 3.05) is 7.05 Å². The Morgan fingerprint density at radius 3 is 2.75 bits per heavy atom. The fraction of sp³-hybridized carbons (Fsp3) is 0.143. The minimum absolute atomic E-state index is 0.127. The van der Waals surface area contributed by atoms with Gasteiger partial charge in [0.05, 0.1) is 6.07 Å². The standard InChI is InChI=1S/C7H8N4O5/c1-8-7(12)9-6(10-13)4-2-3-5(16-4)11(14)15/h2-3,13H,1H3,(H2,8,9,10,12). The Bertz CT molecular complexity index is 438. The Hall–Kier alpha value is -2.58. The first-order valence-corrected chi connectivity index (χ1v) is 4.04. The first kappa shape index (κ1) is 11.5. The number of carbonyl (C=O) groups is 1.